The molecule has 1 aliphatic rings. The zero-order valence-corrected chi connectivity index (χ0v) is 19.5. The van der Waals surface area contributed by atoms with Gasteiger partial charge < -0.3 is 4.74 Å². The molecule has 1 N–H and O–H groups in total. The molecule has 0 spiro atoms. The van der Waals surface area contributed by atoms with Gasteiger partial charge in [0.05, 0.1) is 15.2 Å². The highest BCUT2D eigenvalue weighted by Gasteiger charge is 2.36. The fraction of sp³-hybridized carbons (Fsp3) is 0.0417. The molecule has 1 heterocycles. The monoisotopic (exact) mass is 546 g/mol. The lowest BCUT2D eigenvalue weighted by Gasteiger charge is -2.26. The van der Waals surface area contributed by atoms with Crippen molar-refractivity contribution >= 4 is 57.1 Å². The normalized spacial score (nSPS) is 15.0. The topological polar surface area (TPSA) is 75.7 Å². The molecule has 0 saturated carbocycles. The van der Waals surface area contributed by atoms with Crippen LogP contribution in [0.25, 0.3) is 6.08 Å². The van der Waals surface area contributed by atoms with E-state index in [0.29, 0.717) is 15.6 Å². The Hall–Kier alpha value is -3.56. The number of hydrogen-bond donors (Lipinski definition) is 1. The molecule has 10 heteroatoms. The number of imide groups is 2. The van der Waals surface area contributed by atoms with Crippen LogP contribution in [0.5, 0.6) is 5.75 Å². The number of ether oxygens (including phenoxy) is 1. The number of carbonyl (C=O) groups excluding carboxylic acids is 3. The second-order valence-electron chi connectivity index (χ2n) is 7.17. The van der Waals surface area contributed by atoms with E-state index >= 15 is 0 Å². The molecule has 1 fully saturated rings. The van der Waals surface area contributed by atoms with E-state index in [0.717, 1.165) is 17.0 Å². The van der Waals surface area contributed by atoms with E-state index in [4.69, 9.17) is 16.3 Å². The van der Waals surface area contributed by atoms with Gasteiger partial charge in [0.25, 0.3) is 11.8 Å². The minimum absolute atomic E-state index is 0.0617. The Balaban J connectivity index is 1.60. The summed E-state index contributed by atoms with van der Waals surface area (Å²) in [6.07, 6.45) is 1.27. The maximum atomic E-state index is 13.4. The summed E-state index contributed by atoms with van der Waals surface area (Å²) in [5, 5.41) is 2.27. The molecule has 0 unspecified atom stereocenters. The van der Waals surface area contributed by atoms with E-state index in [9.17, 15) is 23.2 Å². The van der Waals surface area contributed by atoms with Gasteiger partial charge >= 0.3 is 6.03 Å². The van der Waals surface area contributed by atoms with Crippen molar-refractivity contribution in [1.29, 1.82) is 0 Å². The zero-order valence-electron chi connectivity index (χ0n) is 17.2. The van der Waals surface area contributed by atoms with Crippen LogP contribution in [0.15, 0.2) is 70.7 Å². The highest BCUT2D eigenvalue weighted by molar-refractivity contribution is 9.10. The van der Waals surface area contributed by atoms with E-state index in [-0.39, 0.29) is 28.6 Å². The van der Waals surface area contributed by atoms with Crippen molar-refractivity contribution in [2.45, 2.75) is 6.61 Å². The van der Waals surface area contributed by atoms with Gasteiger partial charge in [-0.25, -0.2) is 18.5 Å². The molecule has 1 aliphatic heterocycles. The van der Waals surface area contributed by atoms with Gasteiger partial charge in [-0.15, -0.1) is 0 Å². The molecular formula is C24H14BrClF2N2O4. The van der Waals surface area contributed by atoms with Crippen molar-refractivity contribution in [3.8, 4) is 5.75 Å². The highest BCUT2D eigenvalue weighted by atomic mass is 79.9. The molecular weight excluding hydrogens is 534 g/mol. The van der Waals surface area contributed by atoms with Gasteiger partial charge in [0.2, 0.25) is 0 Å². The molecule has 3 aromatic rings. The number of anilines is 1. The number of barbiturate groups is 1. The SMILES string of the molecule is O=C1NC(=O)N(c2ccc(F)cc2)C(=O)/C1=C/c1cc(Cl)c(OCc2cccc(F)c2)c(Br)c1. The maximum Gasteiger partial charge on any atom is 0.335 e. The smallest absolute Gasteiger partial charge is 0.335 e. The molecule has 4 rings (SSSR count). The Morgan fingerprint density at radius 1 is 1.00 bits per heavy atom. The number of amides is 4. The van der Waals surface area contributed by atoms with Crippen LogP contribution in [-0.4, -0.2) is 17.8 Å². The van der Waals surface area contributed by atoms with E-state index in [1.54, 1.807) is 18.2 Å². The van der Waals surface area contributed by atoms with Crippen molar-refractivity contribution in [3.63, 3.8) is 0 Å². The third-order valence-electron chi connectivity index (χ3n) is 4.79. The predicted octanol–water partition coefficient (Wildman–Crippen LogP) is 5.63. The van der Waals surface area contributed by atoms with Crippen molar-refractivity contribution in [2.24, 2.45) is 0 Å². The molecule has 0 aromatic heterocycles. The number of halogens is 4. The zero-order chi connectivity index (χ0) is 24.4. The number of nitrogens with one attached hydrogen (secondary N) is 1. The Labute approximate surface area is 205 Å². The van der Waals surface area contributed by atoms with Crippen LogP contribution >= 0.6 is 27.5 Å². The summed E-state index contributed by atoms with van der Waals surface area (Å²) in [5.74, 6) is -2.40. The quantitative estimate of drug-likeness (QED) is 0.332. The van der Waals surface area contributed by atoms with Gasteiger partial charge in [-0.3, -0.25) is 14.9 Å². The summed E-state index contributed by atoms with van der Waals surface area (Å²) in [6, 6.07) is 12.7. The molecule has 6 nitrogen and oxygen atoms in total. The maximum absolute atomic E-state index is 13.4. The number of hydrogen-bond acceptors (Lipinski definition) is 4. The van der Waals surface area contributed by atoms with E-state index in [2.05, 4.69) is 21.2 Å². The summed E-state index contributed by atoms with van der Waals surface area (Å²) in [6.45, 7) is 0.0617. The van der Waals surface area contributed by atoms with Crippen LogP contribution < -0.4 is 15.0 Å². The van der Waals surface area contributed by atoms with Crippen LogP contribution in [0.2, 0.25) is 5.02 Å². The summed E-state index contributed by atoms with van der Waals surface area (Å²) < 4.78 is 32.7. The lowest BCUT2D eigenvalue weighted by molar-refractivity contribution is -0.122. The Kier molecular flexibility index (Phi) is 6.76. The van der Waals surface area contributed by atoms with Crippen LogP contribution in [0, 0.1) is 11.6 Å². The largest absolute Gasteiger partial charge is 0.486 e. The average molecular weight is 548 g/mol. The third kappa shape index (κ3) is 5.00. The van der Waals surface area contributed by atoms with Crippen LogP contribution in [0.3, 0.4) is 0 Å². The molecule has 1 saturated heterocycles. The molecule has 34 heavy (non-hydrogen) atoms. The first-order chi connectivity index (χ1) is 16.2. The Bertz CT molecular complexity index is 1320. The van der Waals surface area contributed by atoms with Crippen molar-refractivity contribution in [3.05, 3.63) is 98.5 Å². The molecule has 3 aromatic carbocycles. The van der Waals surface area contributed by atoms with Gasteiger partial charge in [0.1, 0.15) is 23.8 Å². The number of urea groups is 1. The molecule has 0 aliphatic carbocycles. The summed E-state index contributed by atoms with van der Waals surface area (Å²) in [4.78, 5) is 38.3. The van der Waals surface area contributed by atoms with E-state index in [1.165, 1.54) is 36.4 Å². The van der Waals surface area contributed by atoms with Crippen LogP contribution in [-0.2, 0) is 16.2 Å². The van der Waals surface area contributed by atoms with E-state index in [1.807, 2.05) is 0 Å². The molecule has 0 atom stereocenters. The average Bonchev–Trinajstić information content (AvgIpc) is 2.77. The second-order valence-corrected chi connectivity index (χ2v) is 8.43. The van der Waals surface area contributed by atoms with Gasteiger partial charge in [-0.1, -0.05) is 23.7 Å². The fourth-order valence-electron chi connectivity index (χ4n) is 3.23. The number of rotatable bonds is 5. The van der Waals surface area contributed by atoms with Crippen molar-refractivity contribution in [2.75, 3.05) is 4.90 Å². The lowest BCUT2D eigenvalue weighted by Crippen LogP contribution is -2.54. The number of carbonyl (C=O) groups is 3. The number of benzene rings is 3. The lowest BCUT2D eigenvalue weighted by atomic mass is 10.1. The first kappa shape index (κ1) is 23.6. The second kappa shape index (κ2) is 9.74. The molecule has 172 valence electrons. The van der Waals surface area contributed by atoms with E-state index < -0.39 is 29.5 Å². The molecule has 0 radical (unpaired) electrons. The van der Waals surface area contributed by atoms with Crippen LogP contribution in [0.4, 0.5) is 19.3 Å². The van der Waals surface area contributed by atoms with Crippen LogP contribution in [0.1, 0.15) is 11.1 Å². The summed E-state index contributed by atoms with van der Waals surface area (Å²) in [7, 11) is 0. The third-order valence-corrected chi connectivity index (χ3v) is 5.66. The van der Waals surface area contributed by atoms with Gasteiger partial charge in [-0.05, 0) is 81.7 Å². The highest BCUT2D eigenvalue weighted by Crippen LogP contribution is 2.36. The van der Waals surface area contributed by atoms with Crippen molar-refractivity contribution in [1.82, 2.24) is 5.32 Å². The first-order valence-electron chi connectivity index (χ1n) is 9.76. The van der Waals surface area contributed by atoms with Gasteiger partial charge in [0.15, 0.2) is 5.75 Å². The van der Waals surface area contributed by atoms with Crippen molar-refractivity contribution < 1.29 is 27.9 Å². The summed E-state index contributed by atoms with van der Waals surface area (Å²) in [5.41, 5.74) is 0.758. The van der Waals surface area contributed by atoms with Gasteiger partial charge in [0, 0.05) is 0 Å². The fourth-order valence-corrected chi connectivity index (χ4v) is 4.22. The Morgan fingerprint density at radius 3 is 2.41 bits per heavy atom. The first-order valence-corrected chi connectivity index (χ1v) is 10.9. The predicted molar refractivity (Wildman–Crippen MR) is 125 cm³/mol. The molecule has 0 bridgehead atoms. The van der Waals surface area contributed by atoms with Gasteiger partial charge in [-0.2, -0.15) is 0 Å². The molecule has 4 amide bonds. The minimum atomic E-state index is -0.945. The summed E-state index contributed by atoms with van der Waals surface area (Å²) >= 11 is 9.69. The Morgan fingerprint density at radius 2 is 1.74 bits per heavy atom. The minimum Gasteiger partial charge on any atom is -0.486 e. The number of nitrogens with zero attached hydrogens (tertiary/aromatic N) is 1. The standard InChI is InChI=1S/C24H14BrClF2N2O4/c25-19-10-14(11-20(26)21(19)34-12-13-2-1-3-16(28)8-13)9-18-22(31)29-24(33)30(23(18)32)17-6-4-15(27)5-7-17/h1-11H,12H2,(H,29,31,33)/b18-9+.